The molecule has 1 rings (SSSR count). The molecular formula is C10H15NO. The molecule has 0 aliphatic rings. The van der Waals surface area contributed by atoms with E-state index >= 15 is 0 Å². The van der Waals surface area contributed by atoms with Crippen LogP contribution in [0.3, 0.4) is 0 Å². The molecule has 2 nitrogen and oxygen atoms in total. The second-order valence-corrected chi connectivity index (χ2v) is 2.93. The van der Waals surface area contributed by atoms with E-state index in [-0.39, 0.29) is 6.04 Å². The fraction of sp³-hybridized carbons (Fsp3) is 0.400. The molecule has 0 heterocycles. The standard InChI is InChI=1S/C10H15NO/c1-9(11)7-8-12-10-5-3-2-4-6-10/h2-6,9H,7-8,11H2,1H3/t9-/m0/s1. The highest BCUT2D eigenvalue weighted by Gasteiger charge is 1.94. The second kappa shape index (κ2) is 4.78. The van der Waals surface area contributed by atoms with Gasteiger partial charge in [-0.05, 0) is 25.5 Å². The monoisotopic (exact) mass is 165 g/mol. The van der Waals surface area contributed by atoms with Crippen LogP contribution >= 0.6 is 0 Å². The zero-order valence-electron chi connectivity index (χ0n) is 7.36. The van der Waals surface area contributed by atoms with Crippen LogP contribution in [-0.2, 0) is 0 Å². The van der Waals surface area contributed by atoms with E-state index in [0.29, 0.717) is 6.61 Å². The Kier molecular flexibility index (Phi) is 3.61. The minimum Gasteiger partial charge on any atom is -0.494 e. The summed E-state index contributed by atoms with van der Waals surface area (Å²) in [6, 6.07) is 10.00. The van der Waals surface area contributed by atoms with Gasteiger partial charge in [0.05, 0.1) is 6.61 Å². The number of hydrogen-bond acceptors (Lipinski definition) is 2. The summed E-state index contributed by atoms with van der Waals surface area (Å²) in [5, 5.41) is 0. The Hall–Kier alpha value is -1.02. The van der Waals surface area contributed by atoms with Crippen molar-refractivity contribution < 1.29 is 4.74 Å². The lowest BCUT2D eigenvalue weighted by Crippen LogP contribution is -2.18. The summed E-state index contributed by atoms with van der Waals surface area (Å²) >= 11 is 0. The van der Waals surface area contributed by atoms with Gasteiger partial charge in [-0.1, -0.05) is 18.2 Å². The summed E-state index contributed by atoms with van der Waals surface area (Å²) < 4.78 is 5.44. The van der Waals surface area contributed by atoms with Crippen LogP contribution in [-0.4, -0.2) is 12.6 Å². The van der Waals surface area contributed by atoms with Crippen LogP contribution in [0.15, 0.2) is 30.3 Å². The summed E-state index contributed by atoms with van der Waals surface area (Å²) in [7, 11) is 0. The maximum Gasteiger partial charge on any atom is 0.119 e. The largest absolute Gasteiger partial charge is 0.494 e. The molecule has 0 radical (unpaired) electrons. The first kappa shape index (κ1) is 9.07. The van der Waals surface area contributed by atoms with Gasteiger partial charge in [0.2, 0.25) is 0 Å². The van der Waals surface area contributed by atoms with Gasteiger partial charge in [0.1, 0.15) is 5.75 Å². The molecule has 1 aromatic carbocycles. The first-order valence-corrected chi connectivity index (χ1v) is 4.22. The predicted octanol–water partition coefficient (Wildman–Crippen LogP) is 1.80. The summed E-state index contributed by atoms with van der Waals surface area (Å²) in [6.45, 7) is 2.68. The highest BCUT2D eigenvalue weighted by molar-refractivity contribution is 5.20. The predicted molar refractivity (Wildman–Crippen MR) is 50.2 cm³/mol. The van der Waals surface area contributed by atoms with Crippen molar-refractivity contribution in [3.8, 4) is 5.75 Å². The molecule has 0 saturated carbocycles. The van der Waals surface area contributed by atoms with Crippen LogP contribution in [0.25, 0.3) is 0 Å². The van der Waals surface area contributed by atoms with Gasteiger partial charge in [-0.3, -0.25) is 0 Å². The Bertz CT molecular complexity index is 208. The molecular weight excluding hydrogens is 150 g/mol. The van der Waals surface area contributed by atoms with Crippen LogP contribution in [0.4, 0.5) is 0 Å². The van der Waals surface area contributed by atoms with E-state index in [0.717, 1.165) is 12.2 Å². The number of rotatable bonds is 4. The van der Waals surface area contributed by atoms with Gasteiger partial charge in [0.25, 0.3) is 0 Å². The van der Waals surface area contributed by atoms with E-state index in [4.69, 9.17) is 10.5 Å². The van der Waals surface area contributed by atoms with Gasteiger partial charge >= 0.3 is 0 Å². The van der Waals surface area contributed by atoms with Gasteiger partial charge in [0.15, 0.2) is 0 Å². The molecule has 0 amide bonds. The molecule has 0 bridgehead atoms. The molecule has 0 saturated heterocycles. The third-order valence-corrected chi connectivity index (χ3v) is 1.59. The van der Waals surface area contributed by atoms with E-state index < -0.39 is 0 Å². The summed E-state index contributed by atoms with van der Waals surface area (Å²) in [5.41, 5.74) is 5.58. The van der Waals surface area contributed by atoms with Crippen LogP contribution in [0.2, 0.25) is 0 Å². The van der Waals surface area contributed by atoms with Crippen LogP contribution in [0.5, 0.6) is 5.75 Å². The average Bonchev–Trinajstić information content (AvgIpc) is 2.05. The van der Waals surface area contributed by atoms with E-state index in [2.05, 4.69) is 0 Å². The first-order chi connectivity index (χ1) is 5.79. The topological polar surface area (TPSA) is 35.2 Å². The van der Waals surface area contributed by atoms with Crippen molar-refractivity contribution in [1.82, 2.24) is 0 Å². The number of ether oxygens (including phenoxy) is 1. The Balaban J connectivity index is 2.25. The lowest BCUT2D eigenvalue weighted by Gasteiger charge is -2.07. The highest BCUT2D eigenvalue weighted by Crippen LogP contribution is 2.08. The number of benzene rings is 1. The van der Waals surface area contributed by atoms with Crippen molar-refractivity contribution in [1.29, 1.82) is 0 Å². The SMILES string of the molecule is C[C@H](N)CCOc1ccccc1. The van der Waals surface area contributed by atoms with Gasteiger partial charge in [-0.2, -0.15) is 0 Å². The molecule has 0 fully saturated rings. The summed E-state index contributed by atoms with van der Waals surface area (Å²) in [5.74, 6) is 0.915. The van der Waals surface area contributed by atoms with E-state index in [1.54, 1.807) is 0 Å². The smallest absolute Gasteiger partial charge is 0.119 e. The number of hydrogen-bond donors (Lipinski definition) is 1. The lowest BCUT2D eigenvalue weighted by molar-refractivity contribution is 0.301. The van der Waals surface area contributed by atoms with Crippen LogP contribution in [0, 0.1) is 0 Å². The van der Waals surface area contributed by atoms with Crippen molar-refractivity contribution in [2.75, 3.05) is 6.61 Å². The van der Waals surface area contributed by atoms with Gasteiger partial charge in [0, 0.05) is 6.04 Å². The lowest BCUT2D eigenvalue weighted by atomic mass is 10.3. The normalized spacial score (nSPS) is 12.5. The van der Waals surface area contributed by atoms with E-state index in [1.165, 1.54) is 0 Å². The molecule has 0 aliphatic heterocycles. The maximum atomic E-state index is 5.58. The fourth-order valence-corrected chi connectivity index (χ4v) is 0.879. The van der Waals surface area contributed by atoms with E-state index in [9.17, 15) is 0 Å². The van der Waals surface area contributed by atoms with Crippen LogP contribution in [0.1, 0.15) is 13.3 Å². The summed E-state index contributed by atoms with van der Waals surface area (Å²) in [4.78, 5) is 0. The Morgan fingerprint density at radius 3 is 2.58 bits per heavy atom. The van der Waals surface area contributed by atoms with Crippen molar-refractivity contribution in [3.05, 3.63) is 30.3 Å². The Labute approximate surface area is 73.3 Å². The van der Waals surface area contributed by atoms with E-state index in [1.807, 2.05) is 37.3 Å². The quantitative estimate of drug-likeness (QED) is 0.738. The molecule has 0 unspecified atom stereocenters. The minimum absolute atomic E-state index is 0.216. The second-order valence-electron chi connectivity index (χ2n) is 2.93. The zero-order valence-corrected chi connectivity index (χ0v) is 7.36. The molecule has 0 spiro atoms. The van der Waals surface area contributed by atoms with Crippen molar-refractivity contribution in [2.24, 2.45) is 5.73 Å². The molecule has 0 aliphatic carbocycles. The van der Waals surface area contributed by atoms with Gasteiger partial charge in [-0.25, -0.2) is 0 Å². The molecule has 2 N–H and O–H groups in total. The molecule has 1 aromatic rings. The Morgan fingerprint density at radius 2 is 2.00 bits per heavy atom. The number of nitrogens with two attached hydrogens (primary N) is 1. The first-order valence-electron chi connectivity index (χ1n) is 4.22. The summed E-state index contributed by atoms with van der Waals surface area (Å²) in [6.07, 6.45) is 0.898. The molecule has 2 heteroatoms. The highest BCUT2D eigenvalue weighted by atomic mass is 16.5. The zero-order chi connectivity index (χ0) is 8.81. The molecule has 1 atom stereocenters. The average molecular weight is 165 g/mol. The van der Waals surface area contributed by atoms with Crippen LogP contribution < -0.4 is 10.5 Å². The number of para-hydroxylation sites is 1. The van der Waals surface area contributed by atoms with Crippen molar-refractivity contribution >= 4 is 0 Å². The third-order valence-electron chi connectivity index (χ3n) is 1.59. The minimum atomic E-state index is 0.216. The van der Waals surface area contributed by atoms with Gasteiger partial charge in [-0.15, -0.1) is 0 Å². The third kappa shape index (κ3) is 3.39. The maximum absolute atomic E-state index is 5.58. The molecule has 66 valence electrons. The molecule has 12 heavy (non-hydrogen) atoms. The van der Waals surface area contributed by atoms with Crippen molar-refractivity contribution in [3.63, 3.8) is 0 Å². The van der Waals surface area contributed by atoms with Gasteiger partial charge < -0.3 is 10.5 Å². The van der Waals surface area contributed by atoms with Crippen molar-refractivity contribution in [2.45, 2.75) is 19.4 Å². The molecule has 0 aromatic heterocycles. The Morgan fingerprint density at radius 1 is 1.33 bits per heavy atom. The fourth-order valence-electron chi connectivity index (χ4n) is 0.879.